The minimum atomic E-state index is 0.674. The standard InChI is InChI=1S/C19H23N5S/c1-12-21-18(17-15-5-3-4-6-16(15)25-19(17)22-12)24-10-14(11-24)9-23-8-7-20-13(23)2/h7-8,14H,3-6,9-11H2,1-2H3. The number of thiophene rings is 1. The maximum absolute atomic E-state index is 4.86. The molecule has 0 N–H and O–H groups in total. The predicted molar refractivity (Wildman–Crippen MR) is 101 cm³/mol. The fraction of sp³-hybridized carbons (Fsp3) is 0.526. The van der Waals surface area contributed by atoms with Crippen LogP contribution in [-0.4, -0.2) is 32.6 Å². The minimum Gasteiger partial charge on any atom is -0.355 e. The number of anilines is 1. The normalized spacial score (nSPS) is 17.8. The number of imidazole rings is 1. The van der Waals surface area contributed by atoms with Crippen molar-refractivity contribution in [2.45, 2.75) is 46.1 Å². The highest BCUT2D eigenvalue weighted by Gasteiger charge is 2.31. The summed E-state index contributed by atoms with van der Waals surface area (Å²) in [6, 6.07) is 0. The summed E-state index contributed by atoms with van der Waals surface area (Å²) < 4.78 is 2.26. The smallest absolute Gasteiger partial charge is 0.141 e. The van der Waals surface area contributed by atoms with E-state index in [2.05, 4.69) is 27.6 Å². The van der Waals surface area contributed by atoms with Crippen molar-refractivity contribution < 1.29 is 0 Å². The van der Waals surface area contributed by atoms with Crippen molar-refractivity contribution in [3.05, 3.63) is 34.5 Å². The van der Waals surface area contributed by atoms with Gasteiger partial charge in [-0.3, -0.25) is 0 Å². The molecule has 1 aliphatic carbocycles. The number of nitrogens with zero attached hydrogens (tertiary/aromatic N) is 5. The molecule has 5 nitrogen and oxygen atoms in total. The van der Waals surface area contributed by atoms with Crippen LogP contribution in [0.2, 0.25) is 0 Å². The molecule has 0 aromatic carbocycles. The third-order valence-electron chi connectivity index (χ3n) is 5.54. The Hall–Kier alpha value is -1.95. The van der Waals surface area contributed by atoms with Crippen molar-refractivity contribution in [2.75, 3.05) is 18.0 Å². The van der Waals surface area contributed by atoms with Crippen molar-refractivity contribution >= 4 is 27.4 Å². The number of aromatic nitrogens is 4. The molecule has 0 bridgehead atoms. The van der Waals surface area contributed by atoms with Crippen LogP contribution in [0.15, 0.2) is 12.4 Å². The van der Waals surface area contributed by atoms with Crippen LogP contribution in [0.25, 0.3) is 10.2 Å². The molecule has 1 fully saturated rings. The first-order chi connectivity index (χ1) is 12.2. The van der Waals surface area contributed by atoms with E-state index >= 15 is 0 Å². The zero-order chi connectivity index (χ0) is 17.0. The van der Waals surface area contributed by atoms with E-state index in [-0.39, 0.29) is 0 Å². The summed E-state index contributed by atoms with van der Waals surface area (Å²) in [5, 5.41) is 1.35. The molecule has 130 valence electrons. The van der Waals surface area contributed by atoms with Crippen LogP contribution in [0.3, 0.4) is 0 Å². The van der Waals surface area contributed by atoms with Gasteiger partial charge in [0.15, 0.2) is 0 Å². The Morgan fingerprint density at radius 2 is 2.00 bits per heavy atom. The summed E-state index contributed by atoms with van der Waals surface area (Å²) in [7, 11) is 0. The third kappa shape index (κ3) is 2.54. The fourth-order valence-corrected chi connectivity index (χ4v) is 5.51. The zero-order valence-electron chi connectivity index (χ0n) is 14.8. The van der Waals surface area contributed by atoms with Gasteiger partial charge < -0.3 is 9.47 Å². The van der Waals surface area contributed by atoms with Crippen molar-refractivity contribution in [2.24, 2.45) is 5.92 Å². The van der Waals surface area contributed by atoms with Crippen LogP contribution in [0.1, 0.15) is 34.9 Å². The van der Waals surface area contributed by atoms with Gasteiger partial charge in [-0.05, 0) is 45.1 Å². The number of fused-ring (bicyclic) bond motifs is 3. The molecular weight excluding hydrogens is 330 g/mol. The van der Waals surface area contributed by atoms with Gasteiger partial charge in [-0.2, -0.15) is 0 Å². The van der Waals surface area contributed by atoms with Gasteiger partial charge in [0.1, 0.15) is 22.3 Å². The Morgan fingerprint density at radius 3 is 2.80 bits per heavy atom. The molecule has 0 spiro atoms. The van der Waals surface area contributed by atoms with Gasteiger partial charge in [-0.25, -0.2) is 15.0 Å². The zero-order valence-corrected chi connectivity index (χ0v) is 15.6. The van der Waals surface area contributed by atoms with E-state index in [1.807, 2.05) is 24.5 Å². The predicted octanol–water partition coefficient (Wildman–Crippen LogP) is 3.52. The Kier molecular flexibility index (Phi) is 3.55. The average Bonchev–Trinajstić information content (AvgIpc) is 3.12. The number of aryl methyl sites for hydroxylation is 4. The van der Waals surface area contributed by atoms with Crippen LogP contribution in [0.4, 0.5) is 5.82 Å². The van der Waals surface area contributed by atoms with Gasteiger partial charge in [-0.15, -0.1) is 11.3 Å². The first kappa shape index (κ1) is 15.3. The van der Waals surface area contributed by atoms with Crippen molar-refractivity contribution in [3.8, 4) is 0 Å². The largest absolute Gasteiger partial charge is 0.355 e. The van der Waals surface area contributed by atoms with Crippen molar-refractivity contribution in [1.29, 1.82) is 0 Å². The monoisotopic (exact) mass is 353 g/mol. The Labute approximate surface area is 151 Å². The van der Waals surface area contributed by atoms with E-state index in [9.17, 15) is 0 Å². The fourth-order valence-electron chi connectivity index (χ4n) is 4.20. The van der Waals surface area contributed by atoms with E-state index in [1.54, 1.807) is 4.88 Å². The summed E-state index contributed by atoms with van der Waals surface area (Å²) >= 11 is 1.90. The van der Waals surface area contributed by atoms with Crippen LogP contribution >= 0.6 is 11.3 Å². The van der Waals surface area contributed by atoms with Gasteiger partial charge >= 0.3 is 0 Å². The lowest BCUT2D eigenvalue weighted by molar-refractivity contribution is 0.353. The second-order valence-corrected chi connectivity index (χ2v) is 8.47. The lowest BCUT2D eigenvalue weighted by Gasteiger charge is -2.41. The van der Waals surface area contributed by atoms with E-state index in [1.165, 1.54) is 47.3 Å². The van der Waals surface area contributed by atoms with Crippen LogP contribution in [0.5, 0.6) is 0 Å². The lowest BCUT2D eigenvalue weighted by atomic mass is 9.95. The van der Waals surface area contributed by atoms with Crippen molar-refractivity contribution in [3.63, 3.8) is 0 Å². The molecule has 0 atom stereocenters. The second kappa shape index (κ2) is 5.80. The van der Waals surface area contributed by atoms with E-state index < -0.39 is 0 Å². The molecule has 0 amide bonds. The van der Waals surface area contributed by atoms with Gasteiger partial charge in [-0.1, -0.05) is 0 Å². The third-order valence-corrected chi connectivity index (χ3v) is 6.73. The van der Waals surface area contributed by atoms with E-state index in [4.69, 9.17) is 9.97 Å². The SMILES string of the molecule is Cc1nc(N2CC(Cn3ccnc3C)C2)c2c3c(sc2n1)CCCC3. The minimum absolute atomic E-state index is 0.674. The molecule has 25 heavy (non-hydrogen) atoms. The topological polar surface area (TPSA) is 46.8 Å². The summed E-state index contributed by atoms with van der Waals surface area (Å²) in [4.78, 5) is 19.1. The quantitative estimate of drug-likeness (QED) is 0.723. The van der Waals surface area contributed by atoms with Crippen molar-refractivity contribution in [1.82, 2.24) is 19.5 Å². The highest BCUT2D eigenvalue weighted by Crippen LogP contribution is 2.41. The molecule has 0 saturated carbocycles. The Bertz CT molecular complexity index is 935. The van der Waals surface area contributed by atoms with Gasteiger partial charge in [0.2, 0.25) is 0 Å². The first-order valence-corrected chi connectivity index (χ1v) is 10.0. The van der Waals surface area contributed by atoms with Crippen LogP contribution in [-0.2, 0) is 19.4 Å². The maximum atomic E-state index is 4.86. The van der Waals surface area contributed by atoms with Gasteiger partial charge in [0, 0.05) is 42.8 Å². The van der Waals surface area contributed by atoms with Gasteiger partial charge in [0.25, 0.3) is 0 Å². The van der Waals surface area contributed by atoms with Gasteiger partial charge in [0.05, 0.1) is 5.39 Å². The number of hydrogen-bond donors (Lipinski definition) is 0. The Balaban J connectivity index is 1.44. The molecule has 3 aromatic rings. The van der Waals surface area contributed by atoms with E-state index in [0.717, 1.165) is 31.3 Å². The van der Waals surface area contributed by atoms with Crippen LogP contribution in [0, 0.1) is 19.8 Å². The molecule has 0 unspecified atom stereocenters. The summed E-state index contributed by atoms with van der Waals surface area (Å²) in [5.41, 5.74) is 1.54. The highest BCUT2D eigenvalue weighted by atomic mass is 32.1. The lowest BCUT2D eigenvalue weighted by Crippen LogP contribution is -2.49. The maximum Gasteiger partial charge on any atom is 0.141 e. The molecule has 2 aliphatic rings. The summed E-state index contributed by atoms with van der Waals surface area (Å²) in [6.45, 7) is 7.30. The Morgan fingerprint density at radius 1 is 1.16 bits per heavy atom. The molecule has 3 aromatic heterocycles. The molecular formula is C19H23N5S. The molecule has 0 radical (unpaired) electrons. The first-order valence-electron chi connectivity index (χ1n) is 9.20. The molecule has 6 heteroatoms. The molecule has 4 heterocycles. The number of hydrogen-bond acceptors (Lipinski definition) is 5. The summed E-state index contributed by atoms with van der Waals surface area (Å²) in [5.74, 6) is 3.86. The second-order valence-electron chi connectivity index (χ2n) is 7.38. The number of rotatable bonds is 3. The van der Waals surface area contributed by atoms with Crippen LogP contribution < -0.4 is 4.90 Å². The highest BCUT2D eigenvalue weighted by molar-refractivity contribution is 7.19. The summed E-state index contributed by atoms with van der Waals surface area (Å²) in [6.07, 6.45) is 9.00. The molecule has 5 rings (SSSR count). The average molecular weight is 353 g/mol. The van der Waals surface area contributed by atoms with E-state index in [0.29, 0.717) is 5.92 Å². The molecule has 1 saturated heterocycles. The molecule has 1 aliphatic heterocycles.